The molecule has 1 heteroatoms. The second-order valence-corrected chi connectivity index (χ2v) is 3.26. The van der Waals surface area contributed by atoms with Gasteiger partial charge in [0, 0.05) is 6.42 Å². The van der Waals surface area contributed by atoms with Crippen molar-refractivity contribution in [1.82, 2.24) is 0 Å². The van der Waals surface area contributed by atoms with Crippen LogP contribution >= 0.6 is 0 Å². The van der Waals surface area contributed by atoms with Gasteiger partial charge in [0.2, 0.25) is 0 Å². The lowest BCUT2D eigenvalue weighted by Gasteiger charge is -2.08. The van der Waals surface area contributed by atoms with E-state index in [1.807, 2.05) is 25.1 Å². The molecule has 0 saturated carbocycles. The maximum Gasteiger partial charge on any atom is 0.123 e. The van der Waals surface area contributed by atoms with Crippen molar-refractivity contribution in [2.45, 2.75) is 19.4 Å². The van der Waals surface area contributed by atoms with Crippen LogP contribution in [0.4, 0.5) is 0 Å². The number of ether oxygens (including phenoxy) is 1. The van der Waals surface area contributed by atoms with Crippen molar-refractivity contribution < 1.29 is 4.74 Å². The first-order valence-corrected chi connectivity index (χ1v) is 4.17. The maximum absolute atomic E-state index is 5.67. The van der Waals surface area contributed by atoms with E-state index in [0.717, 1.165) is 17.7 Å². The molecule has 12 heavy (non-hydrogen) atoms. The van der Waals surface area contributed by atoms with E-state index in [2.05, 4.69) is 12.6 Å². The summed E-state index contributed by atoms with van der Waals surface area (Å²) in [6, 6.07) is 8.17. The van der Waals surface area contributed by atoms with Crippen LogP contribution in [0.25, 0.3) is 0 Å². The van der Waals surface area contributed by atoms with Gasteiger partial charge in [-0.1, -0.05) is 24.8 Å². The number of hydrogen-bond donors (Lipinski definition) is 0. The molecule has 62 valence electrons. The second-order valence-electron chi connectivity index (χ2n) is 3.26. The normalized spacial score (nSPS) is 19.9. The Hall–Kier alpha value is -1.24. The van der Waals surface area contributed by atoms with Gasteiger partial charge in [0.15, 0.2) is 0 Å². The van der Waals surface area contributed by atoms with E-state index >= 15 is 0 Å². The smallest absolute Gasteiger partial charge is 0.123 e. The quantitative estimate of drug-likeness (QED) is 0.574. The number of rotatable bonds is 1. The van der Waals surface area contributed by atoms with Crippen LogP contribution in [-0.4, -0.2) is 6.10 Å². The Kier molecular flexibility index (Phi) is 1.65. The number of benzene rings is 1. The Morgan fingerprint density at radius 1 is 1.50 bits per heavy atom. The lowest BCUT2D eigenvalue weighted by molar-refractivity contribution is 0.271. The highest BCUT2D eigenvalue weighted by molar-refractivity contribution is 5.39. The van der Waals surface area contributed by atoms with Crippen LogP contribution < -0.4 is 4.74 Å². The first-order chi connectivity index (χ1) is 5.77. The molecule has 0 unspecified atom stereocenters. The highest BCUT2D eigenvalue weighted by Gasteiger charge is 2.22. The minimum Gasteiger partial charge on any atom is -0.485 e. The lowest BCUT2D eigenvalue weighted by Crippen LogP contribution is -2.12. The van der Waals surface area contributed by atoms with Gasteiger partial charge in [0.1, 0.15) is 11.9 Å². The molecule has 2 rings (SSSR count). The van der Waals surface area contributed by atoms with Crippen molar-refractivity contribution in [1.29, 1.82) is 0 Å². The molecule has 0 fully saturated rings. The average Bonchev–Trinajstić information content (AvgIpc) is 2.46. The Balaban J connectivity index is 2.27. The monoisotopic (exact) mass is 160 g/mol. The second kappa shape index (κ2) is 2.67. The van der Waals surface area contributed by atoms with Crippen LogP contribution in [0.15, 0.2) is 36.4 Å². The largest absolute Gasteiger partial charge is 0.485 e. The Morgan fingerprint density at radius 3 is 2.92 bits per heavy atom. The van der Waals surface area contributed by atoms with Crippen molar-refractivity contribution in [3.8, 4) is 5.75 Å². The first kappa shape index (κ1) is 7.41. The molecule has 1 heterocycles. The SMILES string of the molecule is C=C(C)[C@H]1Cc2ccccc2O1. The van der Waals surface area contributed by atoms with Crippen molar-refractivity contribution >= 4 is 0 Å². The minimum atomic E-state index is 0.197. The van der Waals surface area contributed by atoms with Gasteiger partial charge in [-0.2, -0.15) is 0 Å². The molecule has 0 aromatic heterocycles. The molecule has 1 atom stereocenters. The molecule has 0 N–H and O–H groups in total. The van der Waals surface area contributed by atoms with E-state index in [1.54, 1.807) is 0 Å². The molecule has 1 aromatic carbocycles. The summed E-state index contributed by atoms with van der Waals surface area (Å²) >= 11 is 0. The lowest BCUT2D eigenvalue weighted by atomic mass is 10.1. The molecule has 0 aliphatic carbocycles. The van der Waals surface area contributed by atoms with Gasteiger partial charge in [-0.15, -0.1) is 0 Å². The molecule has 0 spiro atoms. The summed E-state index contributed by atoms with van der Waals surface area (Å²) in [5, 5.41) is 0. The summed E-state index contributed by atoms with van der Waals surface area (Å²) in [5.41, 5.74) is 2.40. The zero-order chi connectivity index (χ0) is 8.55. The summed E-state index contributed by atoms with van der Waals surface area (Å²) in [4.78, 5) is 0. The van der Waals surface area contributed by atoms with Gasteiger partial charge in [-0.05, 0) is 24.1 Å². The van der Waals surface area contributed by atoms with Crippen molar-refractivity contribution in [2.75, 3.05) is 0 Å². The molecule has 0 radical (unpaired) electrons. The summed E-state index contributed by atoms with van der Waals surface area (Å²) in [6.07, 6.45) is 1.17. The number of fused-ring (bicyclic) bond motifs is 1. The van der Waals surface area contributed by atoms with Crippen LogP contribution in [0.3, 0.4) is 0 Å². The fourth-order valence-corrected chi connectivity index (χ4v) is 1.46. The molecule has 0 saturated heterocycles. The molecule has 0 amide bonds. The standard InChI is InChI=1S/C11H12O/c1-8(2)11-7-9-5-3-4-6-10(9)12-11/h3-6,11H,1,7H2,2H3/t11-/m1/s1. The predicted octanol–water partition coefficient (Wildman–Crippen LogP) is 2.57. The molecule has 1 nitrogen and oxygen atoms in total. The van der Waals surface area contributed by atoms with Gasteiger partial charge < -0.3 is 4.74 Å². The fourth-order valence-electron chi connectivity index (χ4n) is 1.46. The third kappa shape index (κ3) is 1.11. The Bertz CT molecular complexity index is 290. The topological polar surface area (TPSA) is 9.23 Å². The van der Waals surface area contributed by atoms with E-state index in [0.29, 0.717) is 0 Å². The zero-order valence-electron chi connectivity index (χ0n) is 7.21. The van der Waals surface area contributed by atoms with E-state index in [-0.39, 0.29) is 6.10 Å². The molecule has 0 bridgehead atoms. The van der Waals surface area contributed by atoms with E-state index in [4.69, 9.17) is 4.74 Å². The van der Waals surface area contributed by atoms with Crippen LogP contribution in [0.1, 0.15) is 12.5 Å². The maximum atomic E-state index is 5.67. The van der Waals surface area contributed by atoms with Gasteiger partial charge >= 0.3 is 0 Å². The Morgan fingerprint density at radius 2 is 2.25 bits per heavy atom. The van der Waals surface area contributed by atoms with Crippen LogP contribution in [0.5, 0.6) is 5.75 Å². The molecule has 1 aliphatic rings. The third-order valence-electron chi connectivity index (χ3n) is 2.20. The van der Waals surface area contributed by atoms with Crippen LogP contribution in [-0.2, 0) is 6.42 Å². The van der Waals surface area contributed by atoms with E-state index in [1.165, 1.54) is 5.56 Å². The highest BCUT2D eigenvalue weighted by atomic mass is 16.5. The molecular formula is C11H12O. The highest BCUT2D eigenvalue weighted by Crippen LogP contribution is 2.30. The van der Waals surface area contributed by atoms with Gasteiger partial charge in [0.05, 0.1) is 0 Å². The molecular weight excluding hydrogens is 148 g/mol. The van der Waals surface area contributed by atoms with Gasteiger partial charge in [0.25, 0.3) is 0 Å². The number of hydrogen-bond acceptors (Lipinski definition) is 1. The summed E-state index contributed by atoms with van der Waals surface area (Å²) in [5.74, 6) is 1.02. The molecule has 1 aromatic rings. The minimum absolute atomic E-state index is 0.197. The van der Waals surface area contributed by atoms with E-state index < -0.39 is 0 Å². The van der Waals surface area contributed by atoms with Crippen molar-refractivity contribution in [3.63, 3.8) is 0 Å². The predicted molar refractivity (Wildman–Crippen MR) is 49.4 cm³/mol. The number of para-hydroxylation sites is 1. The summed E-state index contributed by atoms with van der Waals surface area (Å²) in [6.45, 7) is 5.91. The van der Waals surface area contributed by atoms with Crippen LogP contribution in [0, 0.1) is 0 Å². The van der Waals surface area contributed by atoms with E-state index in [9.17, 15) is 0 Å². The van der Waals surface area contributed by atoms with Gasteiger partial charge in [-0.25, -0.2) is 0 Å². The van der Waals surface area contributed by atoms with Crippen molar-refractivity contribution in [2.24, 2.45) is 0 Å². The molecule has 1 aliphatic heterocycles. The van der Waals surface area contributed by atoms with Crippen LogP contribution in [0.2, 0.25) is 0 Å². The summed E-state index contributed by atoms with van der Waals surface area (Å²) < 4.78 is 5.67. The van der Waals surface area contributed by atoms with Crippen molar-refractivity contribution in [3.05, 3.63) is 42.0 Å². The van der Waals surface area contributed by atoms with Gasteiger partial charge in [-0.3, -0.25) is 0 Å². The fraction of sp³-hybridized carbons (Fsp3) is 0.273. The zero-order valence-corrected chi connectivity index (χ0v) is 7.21. The first-order valence-electron chi connectivity index (χ1n) is 4.17. The average molecular weight is 160 g/mol. The summed E-state index contributed by atoms with van der Waals surface area (Å²) in [7, 11) is 0. The Labute approximate surface area is 72.7 Å². The third-order valence-corrected chi connectivity index (χ3v) is 2.20.